The summed E-state index contributed by atoms with van der Waals surface area (Å²) in [6.45, 7) is 2.09. The SMILES string of the molecule is CCOC(=O)c1scnc1-c1cccc(C#N)c1. The minimum absolute atomic E-state index is 0.328. The highest BCUT2D eigenvalue weighted by molar-refractivity contribution is 7.12. The molecule has 18 heavy (non-hydrogen) atoms. The second kappa shape index (κ2) is 5.43. The molecule has 0 bridgehead atoms. The van der Waals surface area contributed by atoms with Crippen LogP contribution in [0.1, 0.15) is 22.2 Å². The van der Waals surface area contributed by atoms with E-state index >= 15 is 0 Å². The number of carbonyl (C=O) groups excluding carboxylic acids is 1. The predicted octanol–water partition coefficient (Wildman–Crippen LogP) is 2.86. The number of nitriles is 1. The van der Waals surface area contributed by atoms with Crippen LogP contribution in [0.5, 0.6) is 0 Å². The monoisotopic (exact) mass is 258 g/mol. The van der Waals surface area contributed by atoms with Gasteiger partial charge in [0.2, 0.25) is 0 Å². The maximum Gasteiger partial charge on any atom is 0.350 e. The average molecular weight is 258 g/mol. The van der Waals surface area contributed by atoms with Crippen molar-refractivity contribution >= 4 is 17.3 Å². The van der Waals surface area contributed by atoms with Crippen molar-refractivity contribution in [1.29, 1.82) is 5.26 Å². The molecule has 0 saturated heterocycles. The molecule has 2 aromatic rings. The number of ether oxygens (including phenoxy) is 1. The third-order valence-electron chi connectivity index (χ3n) is 2.29. The van der Waals surface area contributed by atoms with E-state index in [1.807, 2.05) is 6.07 Å². The summed E-state index contributed by atoms with van der Waals surface area (Å²) in [7, 11) is 0. The van der Waals surface area contributed by atoms with Crippen molar-refractivity contribution in [1.82, 2.24) is 4.98 Å². The molecule has 0 aliphatic heterocycles. The molecule has 1 aromatic carbocycles. The second-order valence-corrected chi connectivity index (χ2v) is 4.30. The van der Waals surface area contributed by atoms with E-state index in [0.29, 0.717) is 22.7 Å². The first kappa shape index (κ1) is 12.3. The highest BCUT2D eigenvalue weighted by Gasteiger charge is 2.17. The van der Waals surface area contributed by atoms with Gasteiger partial charge in [0.05, 0.1) is 29.4 Å². The molecular weight excluding hydrogens is 248 g/mol. The number of nitrogens with zero attached hydrogens (tertiary/aromatic N) is 2. The molecule has 0 aliphatic carbocycles. The topological polar surface area (TPSA) is 63.0 Å². The van der Waals surface area contributed by atoms with E-state index in [2.05, 4.69) is 11.1 Å². The molecule has 2 rings (SSSR count). The molecule has 0 spiro atoms. The van der Waals surface area contributed by atoms with Crippen molar-refractivity contribution in [2.45, 2.75) is 6.92 Å². The summed E-state index contributed by atoms with van der Waals surface area (Å²) in [5.41, 5.74) is 3.45. The highest BCUT2D eigenvalue weighted by atomic mass is 32.1. The van der Waals surface area contributed by atoms with Crippen molar-refractivity contribution < 1.29 is 9.53 Å². The number of rotatable bonds is 3. The Bertz CT molecular complexity index is 613. The number of hydrogen-bond acceptors (Lipinski definition) is 5. The van der Waals surface area contributed by atoms with Crippen molar-refractivity contribution in [2.24, 2.45) is 0 Å². The van der Waals surface area contributed by atoms with Crippen LogP contribution in [0.2, 0.25) is 0 Å². The first-order valence-corrected chi connectivity index (χ1v) is 6.25. The van der Waals surface area contributed by atoms with E-state index in [1.54, 1.807) is 30.6 Å². The maximum absolute atomic E-state index is 11.7. The fraction of sp³-hybridized carbons (Fsp3) is 0.154. The molecule has 90 valence electrons. The molecule has 0 N–H and O–H groups in total. The van der Waals surface area contributed by atoms with Gasteiger partial charge in [-0.25, -0.2) is 9.78 Å². The Morgan fingerprint density at radius 1 is 1.56 bits per heavy atom. The zero-order chi connectivity index (χ0) is 13.0. The van der Waals surface area contributed by atoms with Gasteiger partial charge in [0, 0.05) is 5.56 Å². The number of aromatic nitrogens is 1. The van der Waals surface area contributed by atoms with Gasteiger partial charge in [0.25, 0.3) is 0 Å². The smallest absolute Gasteiger partial charge is 0.350 e. The zero-order valence-corrected chi connectivity index (χ0v) is 10.5. The summed E-state index contributed by atoms with van der Waals surface area (Å²) in [6, 6.07) is 9.06. The molecular formula is C13H10N2O2S. The lowest BCUT2D eigenvalue weighted by Gasteiger charge is -2.02. The third kappa shape index (κ3) is 2.39. The van der Waals surface area contributed by atoms with Gasteiger partial charge in [-0.15, -0.1) is 11.3 Å². The lowest BCUT2D eigenvalue weighted by molar-refractivity contribution is 0.0532. The van der Waals surface area contributed by atoms with E-state index in [-0.39, 0.29) is 5.97 Å². The minimum Gasteiger partial charge on any atom is -0.462 e. The van der Waals surface area contributed by atoms with Crippen LogP contribution < -0.4 is 0 Å². The first-order chi connectivity index (χ1) is 8.76. The van der Waals surface area contributed by atoms with E-state index in [4.69, 9.17) is 10.00 Å². The van der Waals surface area contributed by atoms with E-state index < -0.39 is 0 Å². The van der Waals surface area contributed by atoms with E-state index in [9.17, 15) is 4.79 Å². The fourth-order valence-corrected chi connectivity index (χ4v) is 2.23. The summed E-state index contributed by atoms with van der Waals surface area (Å²) in [6.07, 6.45) is 0. The average Bonchev–Trinajstić information content (AvgIpc) is 2.88. The largest absolute Gasteiger partial charge is 0.462 e. The summed E-state index contributed by atoms with van der Waals surface area (Å²) in [5.74, 6) is -0.377. The number of hydrogen-bond donors (Lipinski definition) is 0. The molecule has 0 radical (unpaired) electrons. The molecule has 0 saturated carbocycles. The fourth-order valence-electron chi connectivity index (χ4n) is 1.53. The second-order valence-electron chi connectivity index (χ2n) is 3.44. The molecule has 4 nitrogen and oxygen atoms in total. The van der Waals surface area contributed by atoms with Crippen LogP contribution in [-0.4, -0.2) is 17.6 Å². The van der Waals surface area contributed by atoms with Crippen molar-refractivity contribution in [3.05, 3.63) is 40.2 Å². The summed E-state index contributed by atoms with van der Waals surface area (Å²) >= 11 is 1.24. The molecule has 0 fully saturated rings. The first-order valence-electron chi connectivity index (χ1n) is 5.37. The summed E-state index contributed by atoms with van der Waals surface area (Å²) < 4.78 is 4.97. The molecule has 1 heterocycles. The van der Waals surface area contributed by atoms with Crippen molar-refractivity contribution in [2.75, 3.05) is 6.61 Å². The Balaban J connectivity index is 2.42. The van der Waals surface area contributed by atoms with E-state index in [0.717, 1.165) is 5.56 Å². The van der Waals surface area contributed by atoms with Gasteiger partial charge < -0.3 is 4.74 Å². The highest BCUT2D eigenvalue weighted by Crippen LogP contribution is 2.26. The minimum atomic E-state index is -0.377. The number of thiazole rings is 1. The van der Waals surface area contributed by atoms with Gasteiger partial charge in [0.15, 0.2) is 0 Å². The zero-order valence-electron chi connectivity index (χ0n) is 9.71. The van der Waals surface area contributed by atoms with Crippen LogP contribution in [0.4, 0.5) is 0 Å². The van der Waals surface area contributed by atoms with Crippen LogP contribution in [0.15, 0.2) is 29.8 Å². The molecule has 0 atom stereocenters. The Morgan fingerprint density at radius 3 is 3.11 bits per heavy atom. The Hall–Kier alpha value is -2.19. The van der Waals surface area contributed by atoms with Crippen LogP contribution in [0.3, 0.4) is 0 Å². The molecule has 1 aromatic heterocycles. The number of benzene rings is 1. The number of esters is 1. The van der Waals surface area contributed by atoms with Crippen LogP contribution in [0, 0.1) is 11.3 Å². The summed E-state index contributed by atoms with van der Waals surface area (Å²) in [4.78, 5) is 16.4. The molecule has 5 heteroatoms. The Morgan fingerprint density at radius 2 is 2.39 bits per heavy atom. The van der Waals surface area contributed by atoms with Gasteiger partial charge in [-0.3, -0.25) is 0 Å². The summed E-state index contributed by atoms with van der Waals surface area (Å²) in [5, 5.41) is 8.86. The lowest BCUT2D eigenvalue weighted by atomic mass is 10.1. The molecule has 0 amide bonds. The Labute approximate surface area is 108 Å². The standard InChI is InChI=1S/C13H10N2O2S/c1-2-17-13(16)12-11(15-8-18-12)10-5-3-4-9(6-10)7-14/h3-6,8H,2H2,1H3. The quantitative estimate of drug-likeness (QED) is 0.794. The lowest BCUT2D eigenvalue weighted by Crippen LogP contribution is -2.04. The van der Waals surface area contributed by atoms with Gasteiger partial charge >= 0.3 is 5.97 Å². The van der Waals surface area contributed by atoms with Gasteiger partial charge in [0.1, 0.15) is 4.88 Å². The van der Waals surface area contributed by atoms with Gasteiger partial charge in [-0.2, -0.15) is 5.26 Å². The van der Waals surface area contributed by atoms with Crippen LogP contribution in [-0.2, 0) is 4.74 Å². The van der Waals surface area contributed by atoms with Gasteiger partial charge in [-0.1, -0.05) is 12.1 Å². The third-order valence-corrected chi connectivity index (χ3v) is 3.10. The Kier molecular flexibility index (Phi) is 3.70. The van der Waals surface area contributed by atoms with Crippen molar-refractivity contribution in [3.63, 3.8) is 0 Å². The normalized spacial score (nSPS) is 9.78. The van der Waals surface area contributed by atoms with E-state index in [1.165, 1.54) is 11.3 Å². The predicted molar refractivity (Wildman–Crippen MR) is 68.2 cm³/mol. The maximum atomic E-state index is 11.7. The molecule has 0 aliphatic rings. The molecule has 0 unspecified atom stereocenters. The van der Waals surface area contributed by atoms with Gasteiger partial charge in [-0.05, 0) is 19.1 Å². The van der Waals surface area contributed by atoms with Crippen LogP contribution in [0.25, 0.3) is 11.3 Å². The van der Waals surface area contributed by atoms with Crippen molar-refractivity contribution in [3.8, 4) is 17.3 Å². The van der Waals surface area contributed by atoms with Crippen LogP contribution >= 0.6 is 11.3 Å². The number of carbonyl (C=O) groups is 1.